The highest BCUT2D eigenvalue weighted by molar-refractivity contribution is 5.99. The van der Waals surface area contributed by atoms with Gasteiger partial charge in [-0.3, -0.25) is 9.48 Å². The number of halogens is 5. The smallest absolute Gasteiger partial charge is 0.352 e. The normalized spacial score (nSPS) is 12.1. The molecule has 7 nitrogen and oxygen atoms in total. The van der Waals surface area contributed by atoms with E-state index in [0.29, 0.717) is 17.8 Å². The van der Waals surface area contributed by atoms with Crippen molar-refractivity contribution >= 4 is 11.6 Å². The average molecular weight is 416 g/mol. The molecule has 29 heavy (non-hydrogen) atoms. The first-order valence-electron chi connectivity index (χ1n) is 8.61. The Morgan fingerprint density at radius 2 is 1.97 bits per heavy atom. The average Bonchev–Trinajstić information content (AvgIpc) is 3.21. The van der Waals surface area contributed by atoms with Crippen LogP contribution in [0.5, 0.6) is 0 Å². The van der Waals surface area contributed by atoms with E-state index in [1.807, 2.05) is 0 Å². The third kappa shape index (κ3) is 4.35. The van der Waals surface area contributed by atoms with E-state index in [1.54, 1.807) is 0 Å². The number of aromatic nitrogens is 5. The van der Waals surface area contributed by atoms with Gasteiger partial charge >= 0.3 is 6.18 Å². The number of fused-ring (bicyclic) bond motifs is 1. The Labute approximate surface area is 161 Å². The molecule has 1 N–H and O–H groups in total. The van der Waals surface area contributed by atoms with Crippen molar-refractivity contribution in [1.29, 1.82) is 0 Å². The first kappa shape index (κ1) is 20.7. The third-order valence-corrected chi connectivity index (χ3v) is 4.20. The van der Waals surface area contributed by atoms with Crippen LogP contribution in [0.25, 0.3) is 5.65 Å². The minimum Gasteiger partial charge on any atom is -0.352 e. The van der Waals surface area contributed by atoms with Crippen LogP contribution in [0.4, 0.5) is 22.0 Å². The topological polar surface area (TPSA) is 77.1 Å². The fourth-order valence-electron chi connectivity index (χ4n) is 2.83. The molecule has 0 saturated heterocycles. The lowest BCUT2D eigenvalue weighted by atomic mass is 10.2. The second-order valence-corrected chi connectivity index (χ2v) is 6.42. The quantitative estimate of drug-likeness (QED) is 0.494. The molecule has 3 aromatic heterocycles. The summed E-state index contributed by atoms with van der Waals surface area (Å²) in [5, 5.41) is 9.91. The van der Waals surface area contributed by atoms with E-state index in [9.17, 15) is 26.7 Å². The van der Waals surface area contributed by atoms with E-state index in [0.717, 1.165) is 16.8 Å². The van der Waals surface area contributed by atoms with Gasteiger partial charge in [-0.05, 0) is 32.4 Å². The number of hydrogen-bond acceptors (Lipinski definition) is 4. The summed E-state index contributed by atoms with van der Waals surface area (Å²) in [6.45, 7) is 3.35. The minimum absolute atomic E-state index is 0.00976. The van der Waals surface area contributed by atoms with Crippen LogP contribution in [0.1, 0.15) is 46.0 Å². The summed E-state index contributed by atoms with van der Waals surface area (Å²) in [7, 11) is 0. The second kappa shape index (κ2) is 7.76. The van der Waals surface area contributed by atoms with Gasteiger partial charge in [0.05, 0.1) is 6.20 Å². The van der Waals surface area contributed by atoms with Crippen molar-refractivity contribution in [3.8, 4) is 0 Å². The number of amides is 1. The third-order valence-electron chi connectivity index (χ3n) is 4.20. The molecular formula is C17H17F5N6O. The van der Waals surface area contributed by atoms with Crippen molar-refractivity contribution in [2.24, 2.45) is 0 Å². The predicted molar refractivity (Wildman–Crippen MR) is 91.6 cm³/mol. The molecule has 0 aliphatic rings. The van der Waals surface area contributed by atoms with Crippen molar-refractivity contribution in [2.75, 3.05) is 6.54 Å². The van der Waals surface area contributed by atoms with Crippen LogP contribution >= 0.6 is 0 Å². The molecule has 0 unspecified atom stereocenters. The van der Waals surface area contributed by atoms with E-state index >= 15 is 0 Å². The Kier molecular flexibility index (Phi) is 5.53. The maximum absolute atomic E-state index is 13.1. The van der Waals surface area contributed by atoms with E-state index in [1.165, 1.54) is 24.6 Å². The summed E-state index contributed by atoms with van der Waals surface area (Å²) < 4.78 is 66.4. The van der Waals surface area contributed by atoms with Gasteiger partial charge < -0.3 is 5.32 Å². The fraction of sp³-hybridized carbons (Fsp3) is 0.412. The number of nitrogens with one attached hydrogen (secondary N) is 1. The van der Waals surface area contributed by atoms with Crippen LogP contribution in [-0.4, -0.2) is 36.8 Å². The molecule has 156 valence electrons. The lowest BCUT2D eigenvalue weighted by molar-refractivity contribution is -0.141. The molecule has 0 atom stereocenters. The number of nitrogens with zero attached hydrogens (tertiary/aromatic N) is 5. The summed E-state index contributed by atoms with van der Waals surface area (Å²) in [6.07, 6.45) is -5.83. The second-order valence-electron chi connectivity index (χ2n) is 6.42. The summed E-state index contributed by atoms with van der Waals surface area (Å²) >= 11 is 0. The number of hydrogen-bond donors (Lipinski definition) is 1. The van der Waals surface area contributed by atoms with Crippen LogP contribution in [0.3, 0.4) is 0 Å². The molecule has 0 bridgehead atoms. The van der Waals surface area contributed by atoms with Gasteiger partial charge in [0.25, 0.3) is 12.3 Å². The van der Waals surface area contributed by atoms with E-state index in [-0.39, 0.29) is 30.0 Å². The Morgan fingerprint density at radius 3 is 2.59 bits per heavy atom. The Balaban J connectivity index is 1.64. The van der Waals surface area contributed by atoms with Gasteiger partial charge in [-0.1, -0.05) is 0 Å². The van der Waals surface area contributed by atoms with Crippen LogP contribution in [0, 0.1) is 13.8 Å². The predicted octanol–water partition coefficient (Wildman–Crippen LogP) is 3.32. The maximum Gasteiger partial charge on any atom is 0.435 e. The fourth-order valence-corrected chi connectivity index (χ4v) is 2.83. The molecule has 0 fully saturated rings. The van der Waals surface area contributed by atoms with Crippen molar-refractivity contribution in [1.82, 2.24) is 29.7 Å². The molecule has 0 aliphatic heterocycles. The van der Waals surface area contributed by atoms with Crippen LogP contribution in [0.15, 0.2) is 18.3 Å². The molecule has 3 rings (SSSR count). The zero-order chi connectivity index (χ0) is 21.3. The molecular weight excluding hydrogens is 399 g/mol. The van der Waals surface area contributed by atoms with Gasteiger partial charge in [0.2, 0.25) is 0 Å². The highest BCUT2D eigenvalue weighted by Crippen LogP contribution is 2.28. The molecule has 0 aliphatic carbocycles. The van der Waals surface area contributed by atoms with Crippen LogP contribution in [0.2, 0.25) is 0 Å². The molecule has 0 radical (unpaired) electrons. The van der Waals surface area contributed by atoms with E-state index < -0.39 is 24.2 Å². The number of alkyl halides is 5. The Morgan fingerprint density at radius 1 is 1.24 bits per heavy atom. The highest BCUT2D eigenvalue weighted by atomic mass is 19.4. The summed E-state index contributed by atoms with van der Waals surface area (Å²) in [5.74, 6) is -0.563. The number of aryl methyl sites for hydroxylation is 3. The number of carbonyl (C=O) groups is 1. The molecule has 3 heterocycles. The highest BCUT2D eigenvalue weighted by Gasteiger charge is 2.34. The number of carbonyl (C=O) groups excluding carboxylic acids is 1. The standard InChI is InChI=1S/C17H17F5N6O/c1-9-6-12(14(18)19)28-15(25-9)11(8-24-28)16(29)23-4-3-5-27-10(2)7-13(26-27)17(20,21)22/h6-8,14H,3-5H2,1-2H3,(H,23,29). The van der Waals surface area contributed by atoms with Gasteiger partial charge in [-0.2, -0.15) is 23.4 Å². The first-order chi connectivity index (χ1) is 13.6. The van der Waals surface area contributed by atoms with Gasteiger partial charge in [-0.15, -0.1) is 0 Å². The molecule has 1 amide bonds. The van der Waals surface area contributed by atoms with Crippen molar-refractivity contribution in [3.63, 3.8) is 0 Å². The van der Waals surface area contributed by atoms with Crippen molar-refractivity contribution < 1.29 is 26.7 Å². The van der Waals surface area contributed by atoms with Gasteiger partial charge in [0.15, 0.2) is 11.3 Å². The lowest BCUT2D eigenvalue weighted by Crippen LogP contribution is -2.25. The van der Waals surface area contributed by atoms with Crippen LogP contribution < -0.4 is 5.32 Å². The summed E-state index contributed by atoms with van der Waals surface area (Å²) in [5.41, 5.74) is -0.633. The Bertz CT molecular complexity index is 1040. The minimum atomic E-state index is -4.52. The summed E-state index contributed by atoms with van der Waals surface area (Å²) in [4.78, 5) is 16.5. The zero-order valence-corrected chi connectivity index (χ0v) is 15.5. The number of rotatable bonds is 6. The van der Waals surface area contributed by atoms with Gasteiger partial charge in [-0.25, -0.2) is 18.3 Å². The van der Waals surface area contributed by atoms with E-state index in [4.69, 9.17) is 0 Å². The SMILES string of the molecule is Cc1cc(C(F)F)n2ncc(C(=O)NCCCn3nc(C(F)(F)F)cc3C)c2n1. The van der Waals surface area contributed by atoms with Gasteiger partial charge in [0.1, 0.15) is 11.3 Å². The molecule has 0 saturated carbocycles. The Hall–Kier alpha value is -3.05. The maximum atomic E-state index is 13.1. The molecule has 0 spiro atoms. The largest absolute Gasteiger partial charge is 0.435 e. The van der Waals surface area contributed by atoms with E-state index in [2.05, 4.69) is 20.5 Å². The monoisotopic (exact) mass is 416 g/mol. The zero-order valence-electron chi connectivity index (χ0n) is 15.5. The summed E-state index contributed by atoms with van der Waals surface area (Å²) in [6, 6.07) is 2.14. The molecule has 3 aromatic rings. The lowest BCUT2D eigenvalue weighted by Gasteiger charge is -2.07. The molecule has 0 aromatic carbocycles. The first-order valence-corrected chi connectivity index (χ1v) is 8.61. The molecule has 12 heteroatoms. The van der Waals surface area contributed by atoms with Crippen molar-refractivity contribution in [2.45, 2.75) is 39.4 Å². The van der Waals surface area contributed by atoms with Crippen LogP contribution in [-0.2, 0) is 12.7 Å². The van der Waals surface area contributed by atoms with Gasteiger partial charge in [0, 0.05) is 24.5 Å². The van der Waals surface area contributed by atoms with Crippen molar-refractivity contribution in [3.05, 3.63) is 46.7 Å².